The quantitative estimate of drug-likeness (QED) is 0.598. The number of hydrogen-bond donors (Lipinski definition) is 0. The van der Waals surface area contributed by atoms with Crippen molar-refractivity contribution < 1.29 is 31.6 Å². The van der Waals surface area contributed by atoms with Crippen molar-refractivity contribution in [2.75, 3.05) is 13.1 Å². The second-order valence-electron chi connectivity index (χ2n) is 6.56. The summed E-state index contributed by atoms with van der Waals surface area (Å²) in [6.07, 6.45) is -3.19. The standard InChI is InChI=1S/C19H14F4N4O3/c20-14-4-2-1-3-13(14)17(28)27-8-7-12(10-27)29-11-5-6-15(24-9-11)16-25-18(30-26-16)19(21,22)23/h1-6,9,12H,7-8,10H2. The fourth-order valence-corrected chi connectivity index (χ4v) is 3.03. The van der Waals surface area contributed by atoms with Crippen LogP contribution in [-0.2, 0) is 6.18 Å². The number of likely N-dealkylation sites (tertiary alicyclic amines) is 1. The van der Waals surface area contributed by atoms with Crippen LogP contribution in [0.3, 0.4) is 0 Å². The number of halogens is 4. The first-order valence-electron chi connectivity index (χ1n) is 8.89. The Morgan fingerprint density at radius 1 is 1.20 bits per heavy atom. The Morgan fingerprint density at radius 3 is 2.67 bits per heavy atom. The molecule has 1 aliphatic heterocycles. The highest BCUT2D eigenvalue weighted by Crippen LogP contribution is 2.29. The third-order valence-electron chi connectivity index (χ3n) is 4.47. The Hall–Kier alpha value is -3.50. The summed E-state index contributed by atoms with van der Waals surface area (Å²) in [4.78, 5) is 21.2. The summed E-state index contributed by atoms with van der Waals surface area (Å²) in [6, 6.07) is 8.67. The van der Waals surface area contributed by atoms with Crippen LogP contribution in [-0.4, -0.2) is 45.1 Å². The van der Waals surface area contributed by atoms with Crippen LogP contribution in [0.5, 0.6) is 5.75 Å². The molecule has 30 heavy (non-hydrogen) atoms. The molecular formula is C19H14F4N4O3. The predicted octanol–water partition coefficient (Wildman–Crippen LogP) is 3.58. The molecule has 1 amide bonds. The van der Waals surface area contributed by atoms with Gasteiger partial charge in [0.15, 0.2) is 0 Å². The first-order valence-corrected chi connectivity index (χ1v) is 8.89. The zero-order valence-electron chi connectivity index (χ0n) is 15.3. The minimum Gasteiger partial charge on any atom is -0.487 e. The van der Waals surface area contributed by atoms with Gasteiger partial charge in [0.2, 0.25) is 5.82 Å². The molecule has 11 heteroatoms. The highest BCUT2D eigenvalue weighted by Gasteiger charge is 2.38. The average Bonchev–Trinajstić information content (AvgIpc) is 3.38. The van der Waals surface area contributed by atoms with Gasteiger partial charge < -0.3 is 14.2 Å². The fraction of sp³-hybridized carbons (Fsp3) is 0.263. The molecule has 1 aliphatic rings. The summed E-state index contributed by atoms with van der Waals surface area (Å²) in [5, 5.41) is 3.27. The van der Waals surface area contributed by atoms with Crippen molar-refractivity contribution in [2.24, 2.45) is 0 Å². The Kier molecular flexibility index (Phi) is 5.10. The second kappa shape index (κ2) is 7.73. The van der Waals surface area contributed by atoms with Crippen LogP contribution >= 0.6 is 0 Å². The number of amides is 1. The van der Waals surface area contributed by atoms with Crippen LogP contribution < -0.4 is 4.74 Å². The van der Waals surface area contributed by atoms with E-state index in [0.29, 0.717) is 18.7 Å². The van der Waals surface area contributed by atoms with Crippen molar-refractivity contribution in [3.05, 3.63) is 59.9 Å². The zero-order chi connectivity index (χ0) is 21.3. The minimum atomic E-state index is -4.73. The molecule has 1 unspecified atom stereocenters. The van der Waals surface area contributed by atoms with E-state index in [1.54, 1.807) is 6.07 Å². The number of pyridine rings is 1. The van der Waals surface area contributed by atoms with Gasteiger partial charge in [-0.25, -0.2) is 9.37 Å². The third-order valence-corrected chi connectivity index (χ3v) is 4.47. The van der Waals surface area contributed by atoms with E-state index < -0.39 is 23.8 Å². The van der Waals surface area contributed by atoms with Crippen LogP contribution in [0, 0.1) is 5.82 Å². The molecule has 1 saturated heterocycles. The van der Waals surface area contributed by atoms with Crippen LogP contribution in [0.4, 0.5) is 17.6 Å². The van der Waals surface area contributed by atoms with E-state index in [2.05, 4.69) is 19.6 Å². The fourth-order valence-electron chi connectivity index (χ4n) is 3.03. The lowest BCUT2D eigenvalue weighted by Crippen LogP contribution is -2.31. The highest BCUT2D eigenvalue weighted by atomic mass is 19.4. The van der Waals surface area contributed by atoms with Gasteiger partial charge in [-0.1, -0.05) is 17.3 Å². The molecule has 0 N–H and O–H groups in total. The van der Waals surface area contributed by atoms with Gasteiger partial charge in [-0.3, -0.25) is 4.79 Å². The van der Waals surface area contributed by atoms with Crippen molar-refractivity contribution in [1.82, 2.24) is 20.0 Å². The smallest absolute Gasteiger partial charge is 0.471 e. The Bertz CT molecular complexity index is 1050. The number of alkyl halides is 3. The lowest BCUT2D eigenvalue weighted by molar-refractivity contribution is -0.159. The van der Waals surface area contributed by atoms with E-state index in [0.717, 1.165) is 0 Å². The minimum absolute atomic E-state index is 0.00232. The topological polar surface area (TPSA) is 81.4 Å². The molecule has 1 atom stereocenters. The molecule has 0 spiro atoms. The summed E-state index contributed by atoms with van der Waals surface area (Å²) >= 11 is 0. The van der Waals surface area contributed by atoms with E-state index in [1.807, 2.05) is 0 Å². The van der Waals surface area contributed by atoms with E-state index in [-0.39, 0.29) is 29.7 Å². The number of carbonyl (C=O) groups is 1. The van der Waals surface area contributed by atoms with Crippen molar-refractivity contribution in [3.63, 3.8) is 0 Å². The van der Waals surface area contributed by atoms with E-state index >= 15 is 0 Å². The average molecular weight is 422 g/mol. The Morgan fingerprint density at radius 2 is 2.00 bits per heavy atom. The molecule has 2 aromatic heterocycles. The monoisotopic (exact) mass is 422 g/mol. The van der Waals surface area contributed by atoms with Crippen LogP contribution in [0.2, 0.25) is 0 Å². The molecule has 1 fully saturated rings. The number of aromatic nitrogens is 3. The van der Waals surface area contributed by atoms with Crippen molar-refractivity contribution >= 4 is 5.91 Å². The number of nitrogens with zero attached hydrogens (tertiary/aromatic N) is 4. The summed E-state index contributed by atoms with van der Waals surface area (Å²) < 4.78 is 61.4. The van der Waals surface area contributed by atoms with Gasteiger partial charge in [0, 0.05) is 13.0 Å². The predicted molar refractivity (Wildman–Crippen MR) is 93.9 cm³/mol. The normalized spacial score (nSPS) is 16.7. The van der Waals surface area contributed by atoms with Crippen LogP contribution in [0.15, 0.2) is 47.1 Å². The molecule has 0 saturated carbocycles. The zero-order valence-corrected chi connectivity index (χ0v) is 15.3. The Balaban J connectivity index is 1.38. The Labute approximate surface area is 167 Å². The molecular weight excluding hydrogens is 408 g/mol. The molecule has 156 valence electrons. The SMILES string of the molecule is O=C(c1ccccc1F)N1CCC(Oc2ccc(-c3noc(C(F)(F)F)n3)nc2)C1. The molecule has 1 aromatic carbocycles. The van der Waals surface area contributed by atoms with E-state index in [4.69, 9.17) is 4.74 Å². The van der Waals surface area contributed by atoms with E-state index in [1.165, 1.54) is 41.4 Å². The van der Waals surface area contributed by atoms with Gasteiger partial charge in [0.05, 0.1) is 18.3 Å². The van der Waals surface area contributed by atoms with Crippen LogP contribution in [0.25, 0.3) is 11.5 Å². The highest BCUT2D eigenvalue weighted by molar-refractivity contribution is 5.94. The van der Waals surface area contributed by atoms with E-state index in [9.17, 15) is 22.4 Å². The van der Waals surface area contributed by atoms with Crippen molar-refractivity contribution in [2.45, 2.75) is 18.7 Å². The molecule has 3 aromatic rings. The maximum atomic E-state index is 13.8. The second-order valence-corrected chi connectivity index (χ2v) is 6.56. The van der Waals surface area contributed by atoms with Crippen molar-refractivity contribution in [1.29, 1.82) is 0 Å². The van der Waals surface area contributed by atoms with Gasteiger partial charge in [0.25, 0.3) is 5.91 Å². The van der Waals surface area contributed by atoms with Crippen molar-refractivity contribution in [3.8, 4) is 17.3 Å². The van der Waals surface area contributed by atoms with Gasteiger partial charge in [-0.15, -0.1) is 0 Å². The summed E-state index contributed by atoms with van der Waals surface area (Å²) in [5.41, 5.74) is 0.0897. The number of rotatable bonds is 4. The summed E-state index contributed by atoms with van der Waals surface area (Å²) in [5.74, 6) is -2.38. The van der Waals surface area contributed by atoms with Gasteiger partial charge in [-0.2, -0.15) is 18.2 Å². The molecule has 0 bridgehead atoms. The largest absolute Gasteiger partial charge is 0.487 e. The van der Waals surface area contributed by atoms with Gasteiger partial charge in [0.1, 0.15) is 23.4 Å². The number of ether oxygens (including phenoxy) is 1. The number of hydrogen-bond acceptors (Lipinski definition) is 6. The summed E-state index contributed by atoms with van der Waals surface area (Å²) in [6.45, 7) is 0.682. The molecule has 0 radical (unpaired) electrons. The molecule has 7 nitrogen and oxygen atoms in total. The maximum absolute atomic E-state index is 13.8. The third kappa shape index (κ3) is 4.09. The van der Waals surface area contributed by atoms with Crippen LogP contribution in [0.1, 0.15) is 22.7 Å². The van der Waals surface area contributed by atoms with Gasteiger partial charge in [-0.05, 0) is 24.3 Å². The molecule has 0 aliphatic carbocycles. The number of benzene rings is 1. The molecule has 4 rings (SSSR count). The van der Waals surface area contributed by atoms with Gasteiger partial charge >= 0.3 is 12.1 Å². The first kappa shape index (κ1) is 19.8. The summed E-state index contributed by atoms with van der Waals surface area (Å²) in [7, 11) is 0. The molecule has 3 heterocycles. The lowest BCUT2D eigenvalue weighted by atomic mass is 10.2. The maximum Gasteiger partial charge on any atom is 0.471 e. The lowest BCUT2D eigenvalue weighted by Gasteiger charge is -2.17. The first-order chi connectivity index (χ1) is 14.3. The number of carbonyl (C=O) groups excluding carboxylic acids is 1.